The van der Waals surface area contributed by atoms with Gasteiger partial charge in [0.1, 0.15) is 0 Å². The topological polar surface area (TPSA) is 0 Å². The molecule has 23 unspecified atom stereocenters. The Labute approximate surface area is 621 Å². The van der Waals surface area contributed by atoms with Crippen LogP contribution in [0.2, 0.25) is 0 Å². The van der Waals surface area contributed by atoms with Gasteiger partial charge >= 0.3 is 0 Å². The first-order valence-corrected chi connectivity index (χ1v) is 49.8. The van der Waals surface area contributed by atoms with Gasteiger partial charge < -0.3 is 0 Å². The van der Waals surface area contributed by atoms with Gasteiger partial charge in [0.2, 0.25) is 0 Å². The van der Waals surface area contributed by atoms with E-state index in [1.54, 1.807) is 360 Å². The first-order valence-electron chi connectivity index (χ1n) is 49.8. The van der Waals surface area contributed by atoms with Crippen molar-refractivity contribution in [1.29, 1.82) is 0 Å². The minimum Gasteiger partial charge on any atom is -0.0530 e. The number of fused-ring (bicyclic) bond motifs is 28. The molecule has 0 aromatic rings. The van der Waals surface area contributed by atoms with Crippen molar-refractivity contribution in [1.82, 2.24) is 0 Å². The van der Waals surface area contributed by atoms with Crippen LogP contribution < -0.4 is 0 Å². The van der Waals surface area contributed by atoms with Crippen molar-refractivity contribution in [3.05, 3.63) is 0 Å². The lowest BCUT2D eigenvalue weighted by Gasteiger charge is -2.49. The molecule has 0 radical (unpaired) electrons. The summed E-state index contributed by atoms with van der Waals surface area (Å²) in [6.07, 6.45) is 89.4. The van der Waals surface area contributed by atoms with Crippen LogP contribution in [0.15, 0.2) is 0 Å². The summed E-state index contributed by atoms with van der Waals surface area (Å²) >= 11 is 0. The summed E-state index contributed by atoms with van der Waals surface area (Å²) < 4.78 is 0. The van der Waals surface area contributed by atoms with E-state index in [0.29, 0.717) is 0 Å². The highest BCUT2D eigenvalue weighted by Gasteiger charge is 2.76. The molecule has 39 saturated carbocycles. The lowest BCUT2D eigenvalue weighted by atomic mass is 9.56. The fourth-order valence-corrected chi connectivity index (χ4v) is 40.9. The molecule has 101 heavy (non-hydrogen) atoms. The Kier molecular flexibility index (Phi) is 16.9. The molecule has 39 fully saturated rings. The summed E-state index contributed by atoms with van der Waals surface area (Å²) in [5.41, 5.74) is 0.906. The van der Waals surface area contributed by atoms with E-state index in [9.17, 15) is 0 Å². The maximum atomic E-state index is 1.64. The van der Waals surface area contributed by atoms with Gasteiger partial charge in [-0.05, 0) is 574 Å². The molecule has 39 aliphatic rings. The van der Waals surface area contributed by atoms with Crippen LogP contribution in [-0.4, -0.2) is 0 Å². The zero-order chi connectivity index (χ0) is 65.5. The standard InChI is InChI=1S/C12H18.2C11H18.3C10H16.C9H14.C8H12.2C7H10.C6H8/c1-2-8-5-7(1)11-9-3-4-10(6-9)12(8)11;1-3-9-7-10-4-2-6-11(10,5-1)8-9;1-2-4-10-9-5-6-11(10)8(3-1)7-9;2*1-7-2-9-4-8(1)5-10(3-7)6-9;1-2-9-7-4-5-8(6-7)10(9)3-1;1-2-7-5-6(1)8-3-4-9(7)8;1-2-6-3-5(1)7-4-8(6)7;1-4-2-6-5(1)7(6)3-4;1-2-4-6-5(3-1)7(4)6;1-2-4-5-3(1)6(4)5/h7-12H,1-6H2;9-10H,1-8H2;8-11H,1-7H2;3*7-10H,1-6H2;6-9H,1-5H2;5-8H,1-4H2;2*4-7H,1-3H2;3-6H,1-2H2. The Morgan fingerprint density at radius 1 is 0.139 bits per heavy atom. The second-order valence-electron chi connectivity index (χ2n) is 48.4. The van der Waals surface area contributed by atoms with Crippen molar-refractivity contribution in [3.63, 3.8) is 0 Å². The van der Waals surface area contributed by atoms with Crippen LogP contribution in [-0.2, 0) is 0 Å². The van der Waals surface area contributed by atoms with Gasteiger partial charge in [-0.1, -0.05) is 51.4 Å². The Balaban J connectivity index is 0.0000000672. The van der Waals surface area contributed by atoms with Gasteiger partial charge in [0.15, 0.2) is 0 Å². The summed E-state index contributed by atoms with van der Waals surface area (Å²) in [5.74, 6) is 53.6. The van der Waals surface area contributed by atoms with Crippen LogP contribution in [0.25, 0.3) is 0 Å². The van der Waals surface area contributed by atoms with E-state index in [1.807, 2.05) is 0 Å². The van der Waals surface area contributed by atoms with Crippen LogP contribution in [0, 0.1) is 266 Å². The molecule has 0 N–H and O–H groups in total. The first kappa shape index (κ1) is 65.7. The molecular weight excluding hydrogens is 1210 g/mol. The molecule has 0 saturated heterocycles. The average Bonchev–Trinajstić information content (AvgIpc) is 1.48. The third-order valence-electron chi connectivity index (χ3n) is 44.5. The summed E-state index contributed by atoms with van der Waals surface area (Å²) in [6, 6.07) is 0. The summed E-state index contributed by atoms with van der Waals surface area (Å²) in [7, 11) is 0. The van der Waals surface area contributed by atoms with E-state index in [1.165, 1.54) is 254 Å². The van der Waals surface area contributed by atoms with E-state index in [-0.39, 0.29) is 0 Å². The monoisotopic (exact) mass is 1370 g/mol. The van der Waals surface area contributed by atoms with Crippen molar-refractivity contribution in [2.75, 3.05) is 0 Å². The van der Waals surface area contributed by atoms with Gasteiger partial charge in [0.05, 0.1) is 0 Å². The highest BCUT2D eigenvalue weighted by atomic mass is 14.8. The smallest absolute Gasteiger partial charge is 0.0266 e. The molecule has 560 valence electrons. The molecule has 39 aliphatic carbocycles. The zero-order valence-electron chi connectivity index (χ0n) is 65.5. The molecular formula is C101H156. The molecule has 0 nitrogen and oxygen atoms in total. The highest BCUT2D eigenvalue weighted by Crippen LogP contribution is 2.82. The fourth-order valence-electron chi connectivity index (χ4n) is 40.9. The molecule has 0 aromatic carbocycles. The van der Waals surface area contributed by atoms with Crippen LogP contribution >= 0.6 is 0 Å². The predicted molar refractivity (Wildman–Crippen MR) is 415 cm³/mol. The molecule has 0 aromatic heterocycles. The van der Waals surface area contributed by atoms with Crippen LogP contribution in [0.5, 0.6) is 0 Å². The fraction of sp³-hybridized carbons (Fsp3) is 1.00. The van der Waals surface area contributed by atoms with E-state index in [4.69, 9.17) is 0 Å². The van der Waals surface area contributed by atoms with Crippen molar-refractivity contribution in [3.8, 4) is 0 Å². The van der Waals surface area contributed by atoms with E-state index in [0.717, 1.165) is 11.3 Å². The Hall–Kier alpha value is 0. The maximum Gasteiger partial charge on any atom is -0.0266 e. The third kappa shape index (κ3) is 11.9. The first-order chi connectivity index (χ1) is 49.8. The predicted octanol–water partition coefficient (Wildman–Crippen LogP) is 27.3. The normalized spacial score (nSPS) is 62.3. The van der Waals surface area contributed by atoms with Gasteiger partial charge in [-0.2, -0.15) is 0 Å². The number of hydrogen-bond donors (Lipinski definition) is 0. The van der Waals surface area contributed by atoms with E-state index in [2.05, 4.69) is 0 Å². The summed E-state index contributed by atoms with van der Waals surface area (Å²) in [6.45, 7) is 0. The van der Waals surface area contributed by atoms with Gasteiger partial charge in [0, 0.05) is 0 Å². The molecule has 0 amide bonds. The molecule has 0 heteroatoms. The van der Waals surface area contributed by atoms with Crippen LogP contribution in [0.3, 0.4) is 0 Å². The van der Waals surface area contributed by atoms with E-state index < -0.39 is 0 Å². The van der Waals surface area contributed by atoms with Crippen molar-refractivity contribution < 1.29 is 0 Å². The molecule has 23 atom stereocenters. The molecule has 0 aliphatic heterocycles. The lowest BCUT2D eigenvalue weighted by Crippen LogP contribution is -2.38. The van der Waals surface area contributed by atoms with Gasteiger partial charge in [0.25, 0.3) is 0 Å². The summed E-state index contributed by atoms with van der Waals surface area (Å²) in [4.78, 5) is 0. The van der Waals surface area contributed by atoms with Crippen molar-refractivity contribution >= 4 is 0 Å². The zero-order valence-corrected chi connectivity index (χ0v) is 65.5. The van der Waals surface area contributed by atoms with Crippen molar-refractivity contribution in [2.45, 2.75) is 360 Å². The van der Waals surface area contributed by atoms with E-state index >= 15 is 0 Å². The Bertz CT molecular complexity index is 2600. The average molecular weight is 1370 g/mol. The number of hydrogen-bond acceptors (Lipinski definition) is 0. The molecule has 39 rings (SSSR count). The Morgan fingerprint density at radius 3 is 0.762 bits per heavy atom. The minimum atomic E-state index is 0.906. The quantitative estimate of drug-likeness (QED) is 0.212. The molecule has 1 spiro atoms. The van der Waals surface area contributed by atoms with Crippen LogP contribution in [0.4, 0.5) is 0 Å². The maximum absolute atomic E-state index is 1.64. The number of rotatable bonds is 0. The molecule has 32 bridgehead atoms. The molecule has 0 heterocycles. The lowest BCUT2D eigenvalue weighted by molar-refractivity contribution is 0.0197. The largest absolute Gasteiger partial charge is 0.0530 e. The summed E-state index contributed by atoms with van der Waals surface area (Å²) in [5, 5.41) is 0. The van der Waals surface area contributed by atoms with Gasteiger partial charge in [-0.15, -0.1) is 0 Å². The van der Waals surface area contributed by atoms with Gasteiger partial charge in [-0.25, -0.2) is 0 Å². The van der Waals surface area contributed by atoms with Crippen molar-refractivity contribution in [2.24, 2.45) is 266 Å². The minimum absolute atomic E-state index is 0.906. The van der Waals surface area contributed by atoms with Crippen LogP contribution in [0.1, 0.15) is 360 Å². The highest BCUT2D eigenvalue weighted by molar-refractivity contribution is 5.24. The van der Waals surface area contributed by atoms with Gasteiger partial charge in [-0.3, -0.25) is 0 Å². The Morgan fingerprint density at radius 2 is 0.416 bits per heavy atom. The second-order valence-corrected chi connectivity index (χ2v) is 48.4. The second kappa shape index (κ2) is 26.0. The SMILES string of the molecule is C1C2CC3C1C3C2.C1C2CC3CC1CC(C2)C3.C1C2CC3CC1CC(C2)C3.C1CC2C3C(C1)C23.C1CC2C3C1C23.C1CC2C3CCC(C3)C2C1.C1CC2CC1C1C3CCC(C3)C21.C1CC2CC1C1CC21.C1CC2CC1C1CCC21.C1CC2CC3CCCC3(C1)C2.C1CCC2C3CCC2C(C1)C3. The third-order valence-corrected chi connectivity index (χ3v) is 44.5.